The Balaban J connectivity index is 2.44. The predicted molar refractivity (Wildman–Crippen MR) is 69.6 cm³/mol. The van der Waals surface area contributed by atoms with Crippen LogP contribution in [-0.4, -0.2) is 30.9 Å². The topological polar surface area (TPSA) is 55.8 Å². The molecule has 0 saturated carbocycles. The lowest BCUT2D eigenvalue weighted by molar-refractivity contribution is 0.0685. The SMILES string of the molecule is CCCCOCCOc1ccc(Cl)cc1C(=O)O. The van der Waals surface area contributed by atoms with E-state index < -0.39 is 5.97 Å². The van der Waals surface area contributed by atoms with Crippen LogP contribution in [0, 0.1) is 0 Å². The first-order chi connectivity index (χ1) is 8.65. The maximum atomic E-state index is 11.0. The lowest BCUT2D eigenvalue weighted by atomic mass is 10.2. The fourth-order valence-corrected chi connectivity index (χ4v) is 1.53. The minimum absolute atomic E-state index is 0.0658. The van der Waals surface area contributed by atoms with Crippen LogP contribution in [0.2, 0.25) is 5.02 Å². The first kappa shape index (κ1) is 14.8. The molecule has 0 aromatic heterocycles. The summed E-state index contributed by atoms with van der Waals surface area (Å²) in [6, 6.07) is 4.52. The molecule has 0 amide bonds. The summed E-state index contributed by atoms with van der Waals surface area (Å²) >= 11 is 5.74. The van der Waals surface area contributed by atoms with Gasteiger partial charge in [0.15, 0.2) is 0 Å². The van der Waals surface area contributed by atoms with Crippen molar-refractivity contribution in [3.63, 3.8) is 0 Å². The van der Waals surface area contributed by atoms with Gasteiger partial charge in [0.25, 0.3) is 0 Å². The summed E-state index contributed by atoms with van der Waals surface area (Å²) in [7, 11) is 0. The summed E-state index contributed by atoms with van der Waals surface area (Å²) in [6.07, 6.45) is 2.10. The maximum Gasteiger partial charge on any atom is 0.339 e. The van der Waals surface area contributed by atoms with Gasteiger partial charge in [-0.1, -0.05) is 24.9 Å². The molecular weight excluding hydrogens is 256 g/mol. The Morgan fingerprint density at radius 3 is 2.78 bits per heavy atom. The molecule has 0 fully saturated rings. The third kappa shape index (κ3) is 4.94. The molecule has 0 aliphatic heterocycles. The van der Waals surface area contributed by atoms with Gasteiger partial charge in [-0.2, -0.15) is 0 Å². The normalized spacial score (nSPS) is 10.3. The number of carbonyl (C=O) groups is 1. The van der Waals surface area contributed by atoms with Gasteiger partial charge in [0.1, 0.15) is 17.9 Å². The van der Waals surface area contributed by atoms with E-state index in [2.05, 4.69) is 6.92 Å². The van der Waals surface area contributed by atoms with Gasteiger partial charge in [-0.05, 0) is 24.6 Å². The van der Waals surface area contributed by atoms with Gasteiger partial charge in [-0.3, -0.25) is 0 Å². The minimum atomic E-state index is -1.06. The van der Waals surface area contributed by atoms with E-state index in [4.69, 9.17) is 26.2 Å². The van der Waals surface area contributed by atoms with Gasteiger partial charge in [0, 0.05) is 11.6 Å². The standard InChI is InChI=1S/C13H17ClO4/c1-2-3-6-17-7-8-18-12-5-4-10(14)9-11(12)13(15)16/h4-5,9H,2-3,6-8H2,1H3,(H,15,16). The second-order valence-corrected chi connectivity index (χ2v) is 4.20. The zero-order chi connectivity index (χ0) is 13.4. The van der Waals surface area contributed by atoms with Crippen molar-refractivity contribution >= 4 is 17.6 Å². The lowest BCUT2D eigenvalue weighted by Crippen LogP contribution is -2.10. The number of benzene rings is 1. The van der Waals surface area contributed by atoms with Crippen LogP contribution < -0.4 is 4.74 Å². The van der Waals surface area contributed by atoms with Crippen molar-refractivity contribution in [2.24, 2.45) is 0 Å². The number of ether oxygens (including phenoxy) is 2. The number of aromatic carboxylic acids is 1. The molecule has 0 unspecified atom stereocenters. The van der Waals surface area contributed by atoms with E-state index >= 15 is 0 Å². The molecule has 4 nitrogen and oxygen atoms in total. The molecule has 0 radical (unpaired) electrons. The highest BCUT2D eigenvalue weighted by Gasteiger charge is 2.11. The smallest absolute Gasteiger partial charge is 0.339 e. The Labute approximate surface area is 111 Å². The number of hydrogen-bond donors (Lipinski definition) is 1. The molecule has 1 aromatic carbocycles. The van der Waals surface area contributed by atoms with Crippen molar-refractivity contribution in [3.8, 4) is 5.75 Å². The largest absolute Gasteiger partial charge is 0.490 e. The van der Waals surface area contributed by atoms with Crippen molar-refractivity contribution in [3.05, 3.63) is 28.8 Å². The zero-order valence-corrected chi connectivity index (χ0v) is 11.1. The fourth-order valence-electron chi connectivity index (χ4n) is 1.35. The first-order valence-electron chi connectivity index (χ1n) is 5.88. The highest BCUT2D eigenvalue weighted by Crippen LogP contribution is 2.22. The Kier molecular flexibility index (Phi) is 6.54. The van der Waals surface area contributed by atoms with Gasteiger partial charge in [0.2, 0.25) is 0 Å². The maximum absolute atomic E-state index is 11.0. The fraction of sp³-hybridized carbons (Fsp3) is 0.462. The Hall–Kier alpha value is -1.26. The number of hydrogen-bond acceptors (Lipinski definition) is 3. The molecular formula is C13H17ClO4. The van der Waals surface area contributed by atoms with E-state index in [0.717, 1.165) is 12.8 Å². The van der Waals surface area contributed by atoms with E-state index in [1.165, 1.54) is 6.07 Å². The van der Waals surface area contributed by atoms with Crippen LogP contribution in [-0.2, 0) is 4.74 Å². The molecule has 0 aliphatic carbocycles. The second-order valence-electron chi connectivity index (χ2n) is 3.76. The number of rotatable bonds is 8. The molecule has 0 spiro atoms. The van der Waals surface area contributed by atoms with Gasteiger partial charge in [-0.15, -0.1) is 0 Å². The summed E-state index contributed by atoms with van der Waals surface area (Å²) in [6.45, 7) is 3.56. The summed E-state index contributed by atoms with van der Waals surface area (Å²) in [5, 5.41) is 9.37. The van der Waals surface area contributed by atoms with E-state index in [1.807, 2.05) is 0 Å². The molecule has 1 rings (SSSR count). The number of unbranched alkanes of at least 4 members (excludes halogenated alkanes) is 1. The summed E-state index contributed by atoms with van der Waals surface area (Å²) in [4.78, 5) is 11.0. The Bertz CT molecular complexity index is 393. The zero-order valence-electron chi connectivity index (χ0n) is 10.3. The molecule has 0 bridgehead atoms. The van der Waals surface area contributed by atoms with Crippen LogP contribution in [0.25, 0.3) is 0 Å². The third-order valence-electron chi connectivity index (χ3n) is 2.30. The van der Waals surface area contributed by atoms with Crippen molar-refractivity contribution < 1.29 is 19.4 Å². The molecule has 0 aliphatic rings. The average Bonchev–Trinajstić information content (AvgIpc) is 2.35. The second kappa shape index (κ2) is 7.95. The van der Waals surface area contributed by atoms with E-state index in [9.17, 15) is 4.79 Å². The molecule has 0 saturated heterocycles. The van der Waals surface area contributed by atoms with Crippen LogP contribution >= 0.6 is 11.6 Å². The molecule has 0 heterocycles. The molecule has 5 heteroatoms. The predicted octanol–water partition coefficient (Wildman–Crippen LogP) is 3.23. The monoisotopic (exact) mass is 272 g/mol. The number of carboxylic acids is 1. The molecule has 100 valence electrons. The third-order valence-corrected chi connectivity index (χ3v) is 2.53. The van der Waals surface area contributed by atoms with E-state index in [0.29, 0.717) is 30.6 Å². The molecule has 0 atom stereocenters. The first-order valence-corrected chi connectivity index (χ1v) is 6.26. The quantitative estimate of drug-likeness (QED) is 0.738. The number of carboxylic acid groups (broad SMARTS) is 1. The van der Waals surface area contributed by atoms with Gasteiger partial charge in [0.05, 0.1) is 6.61 Å². The molecule has 18 heavy (non-hydrogen) atoms. The van der Waals surface area contributed by atoms with Crippen LogP contribution in [0.4, 0.5) is 0 Å². The van der Waals surface area contributed by atoms with Crippen molar-refractivity contribution in [2.75, 3.05) is 19.8 Å². The lowest BCUT2D eigenvalue weighted by Gasteiger charge is -2.09. The summed E-state index contributed by atoms with van der Waals surface area (Å²) < 4.78 is 10.7. The average molecular weight is 273 g/mol. The van der Waals surface area contributed by atoms with Gasteiger partial charge >= 0.3 is 5.97 Å². The van der Waals surface area contributed by atoms with Gasteiger partial charge < -0.3 is 14.6 Å². The van der Waals surface area contributed by atoms with Crippen LogP contribution in [0.3, 0.4) is 0 Å². The van der Waals surface area contributed by atoms with Crippen molar-refractivity contribution in [2.45, 2.75) is 19.8 Å². The highest BCUT2D eigenvalue weighted by atomic mass is 35.5. The van der Waals surface area contributed by atoms with Gasteiger partial charge in [-0.25, -0.2) is 4.79 Å². The summed E-state index contributed by atoms with van der Waals surface area (Å²) in [5.74, 6) is -0.745. The molecule has 1 aromatic rings. The Morgan fingerprint density at radius 1 is 1.33 bits per heavy atom. The summed E-state index contributed by atoms with van der Waals surface area (Å²) in [5.41, 5.74) is 0.0658. The van der Waals surface area contributed by atoms with Crippen LogP contribution in [0.5, 0.6) is 5.75 Å². The van der Waals surface area contributed by atoms with Crippen molar-refractivity contribution in [1.82, 2.24) is 0 Å². The number of halogens is 1. The minimum Gasteiger partial charge on any atom is -0.490 e. The van der Waals surface area contributed by atoms with E-state index in [1.54, 1.807) is 12.1 Å². The van der Waals surface area contributed by atoms with Crippen molar-refractivity contribution in [1.29, 1.82) is 0 Å². The van der Waals surface area contributed by atoms with Crippen LogP contribution in [0.1, 0.15) is 30.1 Å². The van der Waals surface area contributed by atoms with Crippen LogP contribution in [0.15, 0.2) is 18.2 Å². The molecule has 1 N–H and O–H groups in total. The Morgan fingerprint density at radius 2 is 2.11 bits per heavy atom. The highest BCUT2D eigenvalue weighted by molar-refractivity contribution is 6.31. The van der Waals surface area contributed by atoms with E-state index in [-0.39, 0.29) is 5.56 Å².